The molecule has 3 nitrogen and oxygen atoms in total. The summed E-state index contributed by atoms with van der Waals surface area (Å²) in [5, 5.41) is 12.5. The second-order valence-electron chi connectivity index (χ2n) is 4.51. The molecule has 1 aromatic rings. The molecule has 0 unspecified atom stereocenters. The van der Waals surface area contributed by atoms with Gasteiger partial charge in [-0.2, -0.15) is 0 Å². The molecule has 3 heteroatoms. The Bertz CT molecular complexity index is 316. The third-order valence-electron chi connectivity index (χ3n) is 3.37. The van der Waals surface area contributed by atoms with Crippen molar-refractivity contribution in [1.29, 1.82) is 0 Å². The van der Waals surface area contributed by atoms with E-state index in [0.717, 1.165) is 26.1 Å². The van der Waals surface area contributed by atoms with Crippen LogP contribution in [-0.2, 0) is 6.54 Å². The average Bonchev–Trinajstić information content (AvgIpc) is 2.43. The van der Waals surface area contributed by atoms with Crippen LogP contribution in [0.25, 0.3) is 0 Å². The van der Waals surface area contributed by atoms with E-state index in [-0.39, 0.29) is 12.6 Å². The van der Waals surface area contributed by atoms with Crippen molar-refractivity contribution in [3.63, 3.8) is 0 Å². The van der Waals surface area contributed by atoms with Gasteiger partial charge in [0, 0.05) is 31.4 Å². The van der Waals surface area contributed by atoms with E-state index >= 15 is 0 Å². The van der Waals surface area contributed by atoms with Gasteiger partial charge in [0.2, 0.25) is 0 Å². The van der Waals surface area contributed by atoms with Crippen molar-refractivity contribution < 1.29 is 5.11 Å². The Morgan fingerprint density at radius 3 is 2.17 bits per heavy atom. The van der Waals surface area contributed by atoms with Crippen molar-refractivity contribution in [2.45, 2.75) is 39.8 Å². The van der Waals surface area contributed by atoms with Crippen LogP contribution < -0.4 is 10.2 Å². The van der Waals surface area contributed by atoms with Crippen LogP contribution in [0.15, 0.2) is 24.3 Å². The van der Waals surface area contributed by atoms with E-state index in [4.69, 9.17) is 5.11 Å². The van der Waals surface area contributed by atoms with E-state index < -0.39 is 0 Å². The second-order valence-corrected chi connectivity index (χ2v) is 4.51. The highest BCUT2D eigenvalue weighted by molar-refractivity contribution is 5.47. The van der Waals surface area contributed by atoms with E-state index in [9.17, 15) is 0 Å². The minimum absolute atomic E-state index is 0.201. The number of aliphatic hydroxyl groups excluding tert-OH is 1. The smallest absolute Gasteiger partial charge is 0.0584 e. The van der Waals surface area contributed by atoms with Crippen molar-refractivity contribution in [3.05, 3.63) is 29.8 Å². The molecule has 1 atom stereocenters. The van der Waals surface area contributed by atoms with Crippen molar-refractivity contribution in [2.24, 2.45) is 0 Å². The number of benzene rings is 1. The maximum absolute atomic E-state index is 9.12. The zero-order valence-corrected chi connectivity index (χ0v) is 11.8. The fraction of sp³-hybridized carbons (Fsp3) is 0.600. The summed E-state index contributed by atoms with van der Waals surface area (Å²) in [7, 11) is 0. The normalized spacial score (nSPS) is 12.4. The van der Waals surface area contributed by atoms with Crippen LogP contribution >= 0.6 is 0 Å². The van der Waals surface area contributed by atoms with Crippen LogP contribution in [0.1, 0.15) is 32.8 Å². The summed E-state index contributed by atoms with van der Waals surface area (Å²) in [4.78, 5) is 2.33. The van der Waals surface area contributed by atoms with E-state index in [0.29, 0.717) is 0 Å². The Kier molecular flexibility index (Phi) is 6.76. The van der Waals surface area contributed by atoms with Gasteiger partial charge in [0.05, 0.1) is 6.61 Å². The molecule has 0 aliphatic rings. The molecule has 2 N–H and O–H groups in total. The van der Waals surface area contributed by atoms with Gasteiger partial charge in [-0.15, -0.1) is 0 Å². The van der Waals surface area contributed by atoms with Crippen LogP contribution in [0.5, 0.6) is 0 Å². The Morgan fingerprint density at radius 2 is 1.72 bits per heavy atom. The quantitative estimate of drug-likeness (QED) is 0.743. The first-order valence-electron chi connectivity index (χ1n) is 6.93. The van der Waals surface area contributed by atoms with Crippen molar-refractivity contribution >= 4 is 5.69 Å². The molecule has 1 aromatic carbocycles. The molecule has 102 valence electrons. The van der Waals surface area contributed by atoms with E-state index in [1.165, 1.54) is 11.3 Å². The molecular formula is C15H26N2O. The predicted octanol–water partition coefficient (Wildman–Crippen LogP) is 2.39. The van der Waals surface area contributed by atoms with Gasteiger partial charge < -0.3 is 15.3 Å². The first-order chi connectivity index (χ1) is 8.74. The zero-order chi connectivity index (χ0) is 13.4. The maximum Gasteiger partial charge on any atom is 0.0584 e. The van der Waals surface area contributed by atoms with Gasteiger partial charge in [0.25, 0.3) is 0 Å². The van der Waals surface area contributed by atoms with Crippen LogP contribution in [0.3, 0.4) is 0 Å². The highest BCUT2D eigenvalue weighted by Gasteiger charge is 2.04. The topological polar surface area (TPSA) is 35.5 Å². The highest BCUT2D eigenvalue weighted by Crippen LogP contribution is 2.14. The molecule has 0 radical (unpaired) electrons. The molecule has 0 aliphatic carbocycles. The van der Waals surface area contributed by atoms with Crippen molar-refractivity contribution in [1.82, 2.24) is 5.32 Å². The van der Waals surface area contributed by atoms with Crippen molar-refractivity contribution in [3.8, 4) is 0 Å². The third kappa shape index (κ3) is 4.31. The predicted molar refractivity (Wildman–Crippen MR) is 78.0 cm³/mol. The summed E-state index contributed by atoms with van der Waals surface area (Å²) < 4.78 is 0. The molecule has 0 bridgehead atoms. The van der Waals surface area contributed by atoms with Gasteiger partial charge in [0.1, 0.15) is 0 Å². The SMILES string of the molecule is CC[C@@H](CO)NCc1ccc(N(CC)CC)cc1. The Labute approximate surface area is 111 Å². The molecule has 18 heavy (non-hydrogen) atoms. The summed E-state index contributed by atoms with van der Waals surface area (Å²) in [6.45, 7) is 9.52. The van der Waals surface area contributed by atoms with Crippen LogP contribution in [-0.4, -0.2) is 30.8 Å². The monoisotopic (exact) mass is 250 g/mol. The van der Waals surface area contributed by atoms with Crippen LogP contribution in [0.4, 0.5) is 5.69 Å². The molecule has 0 spiro atoms. The van der Waals surface area contributed by atoms with Crippen molar-refractivity contribution in [2.75, 3.05) is 24.6 Å². The van der Waals surface area contributed by atoms with Gasteiger partial charge in [-0.3, -0.25) is 0 Å². The fourth-order valence-corrected chi connectivity index (χ4v) is 2.01. The van der Waals surface area contributed by atoms with Gasteiger partial charge in [-0.1, -0.05) is 19.1 Å². The molecule has 1 rings (SSSR count). The maximum atomic E-state index is 9.12. The van der Waals surface area contributed by atoms with Gasteiger partial charge >= 0.3 is 0 Å². The second kappa shape index (κ2) is 8.11. The zero-order valence-electron chi connectivity index (χ0n) is 11.8. The molecule has 0 aliphatic heterocycles. The lowest BCUT2D eigenvalue weighted by Crippen LogP contribution is -2.31. The Hall–Kier alpha value is -1.06. The number of nitrogens with zero attached hydrogens (tertiary/aromatic N) is 1. The number of nitrogens with one attached hydrogen (secondary N) is 1. The standard InChI is InChI=1S/C15H26N2O/c1-4-14(12-18)16-11-13-7-9-15(10-8-13)17(5-2)6-3/h7-10,14,16,18H,4-6,11-12H2,1-3H3/t14-/m0/s1. The molecular weight excluding hydrogens is 224 g/mol. The Morgan fingerprint density at radius 1 is 1.11 bits per heavy atom. The summed E-state index contributed by atoms with van der Waals surface area (Å²) in [6, 6.07) is 8.86. The number of hydrogen-bond acceptors (Lipinski definition) is 3. The Balaban J connectivity index is 2.54. The fourth-order valence-electron chi connectivity index (χ4n) is 2.01. The minimum Gasteiger partial charge on any atom is -0.395 e. The largest absolute Gasteiger partial charge is 0.395 e. The third-order valence-corrected chi connectivity index (χ3v) is 3.37. The summed E-state index contributed by atoms with van der Waals surface area (Å²) in [5.74, 6) is 0. The summed E-state index contributed by atoms with van der Waals surface area (Å²) in [6.07, 6.45) is 0.952. The van der Waals surface area contributed by atoms with Crippen LogP contribution in [0, 0.1) is 0 Å². The number of hydrogen-bond donors (Lipinski definition) is 2. The number of anilines is 1. The van der Waals surface area contributed by atoms with Gasteiger partial charge in [-0.25, -0.2) is 0 Å². The lowest BCUT2D eigenvalue weighted by molar-refractivity contribution is 0.238. The van der Waals surface area contributed by atoms with E-state index in [1.54, 1.807) is 0 Å². The lowest BCUT2D eigenvalue weighted by Gasteiger charge is -2.21. The first-order valence-corrected chi connectivity index (χ1v) is 6.93. The summed E-state index contributed by atoms with van der Waals surface area (Å²) >= 11 is 0. The van der Waals surface area contributed by atoms with Gasteiger partial charge in [-0.05, 0) is 38.0 Å². The number of rotatable bonds is 8. The molecule has 0 aromatic heterocycles. The summed E-state index contributed by atoms with van der Waals surface area (Å²) in [5.41, 5.74) is 2.54. The first kappa shape index (κ1) is 15.0. The molecule has 0 saturated carbocycles. The molecule has 0 saturated heterocycles. The van der Waals surface area contributed by atoms with E-state index in [1.807, 2.05) is 0 Å². The minimum atomic E-state index is 0.201. The van der Waals surface area contributed by atoms with Gasteiger partial charge in [0.15, 0.2) is 0 Å². The molecule has 0 fully saturated rings. The molecule has 0 heterocycles. The average molecular weight is 250 g/mol. The molecule has 0 amide bonds. The highest BCUT2D eigenvalue weighted by atomic mass is 16.3. The number of aliphatic hydroxyl groups is 1. The van der Waals surface area contributed by atoms with Crippen LogP contribution in [0.2, 0.25) is 0 Å². The lowest BCUT2D eigenvalue weighted by atomic mass is 10.1. The van der Waals surface area contributed by atoms with E-state index in [2.05, 4.69) is 55.3 Å².